The van der Waals surface area contributed by atoms with E-state index in [1.807, 2.05) is 18.2 Å². The summed E-state index contributed by atoms with van der Waals surface area (Å²) in [4.78, 5) is 0. The van der Waals surface area contributed by atoms with Gasteiger partial charge in [-0.3, -0.25) is 0 Å². The summed E-state index contributed by atoms with van der Waals surface area (Å²) in [6.07, 6.45) is 3.27. The minimum Gasteiger partial charge on any atom is -0.461 e. The van der Waals surface area contributed by atoms with E-state index in [9.17, 15) is 0 Å². The van der Waals surface area contributed by atoms with Crippen LogP contribution >= 0.6 is 0 Å². The lowest BCUT2D eigenvalue weighted by Gasteiger charge is -2.04. The first-order valence-corrected chi connectivity index (χ1v) is 7.30. The molecule has 21 heavy (non-hydrogen) atoms. The molecule has 3 rings (SSSR count). The van der Waals surface area contributed by atoms with Crippen molar-refractivity contribution in [3.63, 3.8) is 0 Å². The predicted molar refractivity (Wildman–Crippen MR) is 79.5 cm³/mol. The number of hydrogen-bond acceptors (Lipinski definition) is 5. The van der Waals surface area contributed by atoms with E-state index < -0.39 is 0 Å². The molecule has 110 valence electrons. The van der Waals surface area contributed by atoms with Crippen LogP contribution in [0, 0.1) is 0 Å². The number of unbranched alkanes of at least 4 members (excludes halogenated alkanes) is 1. The first-order chi connectivity index (χ1) is 10.4. The van der Waals surface area contributed by atoms with Gasteiger partial charge in [0.1, 0.15) is 11.3 Å². The summed E-state index contributed by atoms with van der Waals surface area (Å²) < 4.78 is 6.00. The Morgan fingerprint density at radius 3 is 2.95 bits per heavy atom. The molecule has 2 heterocycles. The Kier molecular flexibility index (Phi) is 4.25. The zero-order chi connectivity index (χ0) is 14.5. The minimum atomic E-state index is 0.587. The number of tetrazole rings is 1. The SMILES string of the molecule is CCCCc1oc2ccccc2c1CNCc1nn[nH]n1. The predicted octanol–water partition coefficient (Wildman–Crippen LogP) is 2.58. The van der Waals surface area contributed by atoms with Crippen molar-refractivity contribution in [1.82, 2.24) is 25.9 Å². The van der Waals surface area contributed by atoms with Crippen molar-refractivity contribution in [2.45, 2.75) is 39.3 Å². The van der Waals surface area contributed by atoms with Gasteiger partial charge in [0, 0.05) is 23.9 Å². The monoisotopic (exact) mass is 285 g/mol. The Morgan fingerprint density at radius 1 is 1.24 bits per heavy atom. The van der Waals surface area contributed by atoms with E-state index in [0.717, 1.165) is 37.2 Å². The van der Waals surface area contributed by atoms with Crippen molar-refractivity contribution >= 4 is 11.0 Å². The second-order valence-corrected chi connectivity index (χ2v) is 5.04. The number of nitrogens with zero attached hydrogens (tertiary/aromatic N) is 3. The molecule has 6 nitrogen and oxygen atoms in total. The van der Waals surface area contributed by atoms with E-state index in [1.165, 1.54) is 10.9 Å². The van der Waals surface area contributed by atoms with Crippen molar-refractivity contribution in [3.05, 3.63) is 41.4 Å². The molecule has 6 heteroatoms. The molecule has 2 aromatic heterocycles. The molecular weight excluding hydrogens is 266 g/mol. The number of furan rings is 1. The van der Waals surface area contributed by atoms with E-state index in [2.05, 4.69) is 38.9 Å². The quantitative estimate of drug-likeness (QED) is 0.697. The van der Waals surface area contributed by atoms with Gasteiger partial charge >= 0.3 is 0 Å². The maximum absolute atomic E-state index is 6.00. The zero-order valence-electron chi connectivity index (χ0n) is 12.1. The number of fused-ring (bicyclic) bond motifs is 1. The van der Waals surface area contributed by atoms with Gasteiger partial charge in [0.05, 0.1) is 6.54 Å². The van der Waals surface area contributed by atoms with Crippen molar-refractivity contribution < 1.29 is 4.42 Å². The first kappa shape index (κ1) is 13.8. The number of hydrogen-bond donors (Lipinski definition) is 2. The lowest BCUT2D eigenvalue weighted by Crippen LogP contribution is -2.14. The minimum absolute atomic E-state index is 0.587. The summed E-state index contributed by atoms with van der Waals surface area (Å²) in [5, 5.41) is 18.4. The van der Waals surface area contributed by atoms with E-state index in [1.54, 1.807) is 0 Å². The number of aromatic amines is 1. The molecule has 3 aromatic rings. The van der Waals surface area contributed by atoms with Gasteiger partial charge in [-0.25, -0.2) is 0 Å². The number of aryl methyl sites for hydroxylation is 1. The van der Waals surface area contributed by atoms with Crippen molar-refractivity contribution in [2.75, 3.05) is 0 Å². The van der Waals surface area contributed by atoms with Crippen LogP contribution in [0.4, 0.5) is 0 Å². The molecule has 2 N–H and O–H groups in total. The van der Waals surface area contributed by atoms with Crippen LogP contribution in [0.1, 0.15) is 36.9 Å². The third kappa shape index (κ3) is 3.11. The number of H-pyrrole nitrogens is 1. The van der Waals surface area contributed by atoms with E-state index in [-0.39, 0.29) is 0 Å². The molecule has 0 saturated heterocycles. The average Bonchev–Trinajstić information content (AvgIpc) is 3.13. The Bertz CT molecular complexity index is 689. The fourth-order valence-electron chi connectivity index (χ4n) is 2.44. The Hall–Kier alpha value is -2.21. The maximum Gasteiger partial charge on any atom is 0.188 e. The van der Waals surface area contributed by atoms with Crippen molar-refractivity contribution in [1.29, 1.82) is 0 Å². The van der Waals surface area contributed by atoms with Gasteiger partial charge in [0.25, 0.3) is 0 Å². The summed E-state index contributed by atoms with van der Waals surface area (Å²) in [5.74, 6) is 1.75. The van der Waals surface area contributed by atoms with E-state index in [4.69, 9.17) is 4.42 Å². The van der Waals surface area contributed by atoms with Crippen LogP contribution < -0.4 is 5.32 Å². The van der Waals surface area contributed by atoms with Crippen LogP contribution in [0.5, 0.6) is 0 Å². The van der Waals surface area contributed by atoms with Gasteiger partial charge in [0.2, 0.25) is 0 Å². The summed E-state index contributed by atoms with van der Waals surface area (Å²) >= 11 is 0. The molecule has 0 fully saturated rings. The third-order valence-corrected chi connectivity index (χ3v) is 3.51. The number of benzene rings is 1. The second kappa shape index (κ2) is 6.49. The summed E-state index contributed by atoms with van der Waals surface area (Å²) in [7, 11) is 0. The van der Waals surface area contributed by atoms with Crippen LogP contribution in [-0.4, -0.2) is 20.6 Å². The topological polar surface area (TPSA) is 79.6 Å². The highest BCUT2D eigenvalue weighted by atomic mass is 16.3. The summed E-state index contributed by atoms with van der Waals surface area (Å²) in [5.41, 5.74) is 2.20. The smallest absolute Gasteiger partial charge is 0.188 e. The van der Waals surface area contributed by atoms with Crippen LogP contribution in [0.2, 0.25) is 0 Å². The van der Waals surface area contributed by atoms with Crippen LogP contribution in [0.15, 0.2) is 28.7 Å². The molecule has 0 bridgehead atoms. The van der Waals surface area contributed by atoms with Gasteiger partial charge < -0.3 is 9.73 Å². The average molecular weight is 285 g/mol. The standard InChI is InChI=1S/C15H19N5O/c1-2-3-7-14-12(9-16-10-15-17-19-20-18-15)11-6-4-5-8-13(11)21-14/h4-6,8,16H,2-3,7,9-10H2,1H3,(H,17,18,19,20). The van der Waals surface area contributed by atoms with Crippen molar-refractivity contribution in [2.24, 2.45) is 0 Å². The lowest BCUT2D eigenvalue weighted by atomic mass is 10.1. The van der Waals surface area contributed by atoms with E-state index >= 15 is 0 Å². The van der Waals surface area contributed by atoms with Gasteiger partial charge in [-0.2, -0.15) is 5.21 Å². The normalized spacial score (nSPS) is 11.3. The Labute approximate surface area is 122 Å². The molecule has 1 aromatic carbocycles. The Morgan fingerprint density at radius 2 is 2.14 bits per heavy atom. The summed E-state index contributed by atoms with van der Waals surface area (Å²) in [6, 6.07) is 8.18. The molecule has 0 aliphatic rings. The van der Waals surface area contributed by atoms with Gasteiger partial charge in [-0.05, 0) is 12.5 Å². The number of para-hydroxylation sites is 1. The second-order valence-electron chi connectivity index (χ2n) is 5.04. The largest absolute Gasteiger partial charge is 0.461 e. The van der Waals surface area contributed by atoms with Crippen LogP contribution in [0.3, 0.4) is 0 Å². The fourth-order valence-corrected chi connectivity index (χ4v) is 2.44. The van der Waals surface area contributed by atoms with Gasteiger partial charge in [-0.1, -0.05) is 36.8 Å². The molecule has 0 saturated carbocycles. The maximum atomic E-state index is 6.00. The van der Waals surface area contributed by atoms with Crippen molar-refractivity contribution in [3.8, 4) is 0 Å². The molecule has 0 amide bonds. The number of rotatable bonds is 7. The highest BCUT2D eigenvalue weighted by Crippen LogP contribution is 2.27. The third-order valence-electron chi connectivity index (χ3n) is 3.51. The van der Waals surface area contributed by atoms with Gasteiger partial charge in [0.15, 0.2) is 5.82 Å². The van der Waals surface area contributed by atoms with Gasteiger partial charge in [-0.15, -0.1) is 10.2 Å². The molecule has 0 radical (unpaired) electrons. The lowest BCUT2D eigenvalue weighted by molar-refractivity contribution is 0.524. The molecule has 0 atom stereocenters. The molecule has 0 spiro atoms. The zero-order valence-corrected chi connectivity index (χ0v) is 12.1. The molecule has 0 aliphatic heterocycles. The fraction of sp³-hybridized carbons (Fsp3) is 0.400. The number of nitrogens with one attached hydrogen (secondary N) is 2. The highest BCUT2D eigenvalue weighted by molar-refractivity contribution is 5.82. The summed E-state index contributed by atoms with van der Waals surface area (Å²) in [6.45, 7) is 3.52. The molecule has 0 aliphatic carbocycles. The molecular formula is C15H19N5O. The van der Waals surface area contributed by atoms with E-state index in [0.29, 0.717) is 12.4 Å². The first-order valence-electron chi connectivity index (χ1n) is 7.30. The van der Waals surface area contributed by atoms with Crippen LogP contribution in [-0.2, 0) is 19.5 Å². The van der Waals surface area contributed by atoms with Crippen LogP contribution in [0.25, 0.3) is 11.0 Å². The molecule has 0 unspecified atom stereocenters. The Balaban J connectivity index is 1.77. The number of aromatic nitrogens is 4. The highest BCUT2D eigenvalue weighted by Gasteiger charge is 2.13.